The number of fused-ring (bicyclic) bond motifs is 1. The molecule has 1 fully saturated rings. The summed E-state index contributed by atoms with van der Waals surface area (Å²) in [5, 5.41) is 3.36. The van der Waals surface area contributed by atoms with Crippen LogP contribution in [0.25, 0.3) is 10.1 Å². The largest absolute Gasteiger partial charge is 0.340 e. The lowest BCUT2D eigenvalue weighted by Gasteiger charge is -2.32. The van der Waals surface area contributed by atoms with Crippen LogP contribution in [0.2, 0.25) is 0 Å². The van der Waals surface area contributed by atoms with E-state index in [0.717, 1.165) is 26.2 Å². The van der Waals surface area contributed by atoms with Crippen LogP contribution in [-0.2, 0) is 11.2 Å². The number of carbonyl (C=O) groups is 1. The second-order valence-electron chi connectivity index (χ2n) is 5.12. The van der Waals surface area contributed by atoms with Gasteiger partial charge in [0.25, 0.3) is 0 Å². The number of hydrogen-bond acceptors (Lipinski definition) is 3. The SMILES string of the molecule is CN1CCN(C(=O)Cc2csc3ccccc23)CC1.Cl. The topological polar surface area (TPSA) is 23.6 Å². The maximum absolute atomic E-state index is 12.3. The standard InChI is InChI=1S/C15H18N2OS.ClH/c1-16-6-8-17(9-7-16)15(18)10-12-11-19-14-5-3-2-4-13(12)14;/h2-5,11H,6-10H2,1H3;1H. The number of halogens is 1. The third-order valence-electron chi connectivity index (χ3n) is 3.76. The summed E-state index contributed by atoms with van der Waals surface area (Å²) >= 11 is 1.72. The maximum Gasteiger partial charge on any atom is 0.227 e. The molecule has 0 radical (unpaired) electrons. The maximum atomic E-state index is 12.3. The first kappa shape index (κ1) is 15.3. The lowest BCUT2D eigenvalue weighted by molar-refractivity contribution is -0.132. The Bertz CT molecular complexity index is 590. The van der Waals surface area contributed by atoms with Gasteiger partial charge in [0.2, 0.25) is 5.91 Å². The van der Waals surface area contributed by atoms with Crippen LogP contribution in [0.1, 0.15) is 5.56 Å². The average Bonchev–Trinajstić information content (AvgIpc) is 2.83. The molecular weight excluding hydrogens is 292 g/mol. The van der Waals surface area contributed by atoms with E-state index in [1.807, 2.05) is 17.0 Å². The average molecular weight is 311 g/mol. The summed E-state index contributed by atoms with van der Waals surface area (Å²) in [5.74, 6) is 0.261. The minimum absolute atomic E-state index is 0. The van der Waals surface area contributed by atoms with Gasteiger partial charge in [0.05, 0.1) is 6.42 Å². The number of carbonyl (C=O) groups excluding carboxylic acids is 1. The molecule has 1 aromatic heterocycles. The molecule has 5 heteroatoms. The summed E-state index contributed by atoms with van der Waals surface area (Å²) in [5.41, 5.74) is 1.17. The van der Waals surface area contributed by atoms with Crippen molar-refractivity contribution in [2.75, 3.05) is 33.2 Å². The number of piperazine rings is 1. The number of benzene rings is 1. The monoisotopic (exact) mass is 310 g/mol. The van der Waals surface area contributed by atoms with Crippen molar-refractivity contribution < 1.29 is 4.79 Å². The van der Waals surface area contributed by atoms with Crippen molar-refractivity contribution in [3.8, 4) is 0 Å². The second-order valence-corrected chi connectivity index (χ2v) is 6.03. The normalized spacial score (nSPS) is 16.1. The van der Waals surface area contributed by atoms with E-state index < -0.39 is 0 Å². The lowest BCUT2D eigenvalue weighted by Crippen LogP contribution is -2.47. The predicted octanol–water partition coefficient (Wildman–Crippen LogP) is 2.64. The number of likely N-dealkylation sites (N-methyl/N-ethyl adjacent to an activating group) is 1. The Labute approximate surface area is 129 Å². The number of rotatable bonds is 2. The van der Waals surface area contributed by atoms with Crippen molar-refractivity contribution >= 4 is 39.7 Å². The zero-order valence-corrected chi connectivity index (χ0v) is 13.2. The van der Waals surface area contributed by atoms with Crippen LogP contribution >= 0.6 is 23.7 Å². The van der Waals surface area contributed by atoms with Gasteiger partial charge in [-0.3, -0.25) is 4.79 Å². The molecule has 0 atom stereocenters. The Balaban J connectivity index is 0.00000147. The fourth-order valence-electron chi connectivity index (χ4n) is 2.50. The minimum Gasteiger partial charge on any atom is -0.340 e. The highest BCUT2D eigenvalue weighted by Gasteiger charge is 2.19. The van der Waals surface area contributed by atoms with Crippen molar-refractivity contribution in [1.29, 1.82) is 0 Å². The highest BCUT2D eigenvalue weighted by atomic mass is 35.5. The van der Waals surface area contributed by atoms with Gasteiger partial charge in [-0.05, 0) is 29.4 Å². The Kier molecular flexibility index (Phi) is 5.02. The van der Waals surface area contributed by atoms with Crippen molar-refractivity contribution in [2.45, 2.75) is 6.42 Å². The van der Waals surface area contributed by atoms with E-state index in [-0.39, 0.29) is 18.3 Å². The van der Waals surface area contributed by atoms with E-state index >= 15 is 0 Å². The molecule has 0 aliphatic carbocycles. The van der Waals surface area contributed by atoms with Gasteiger partial charge in [-0.25, -0.2) is 0 Å². The van der Waals surface area contributed by atoms with E-state index in [1.165, 1.54) is 15.6 Å². The zero-order chi connectivity index (χ0) is 13.2. The van der Waals surface area contributed by atoms with Gasteiger partial charge in [0, 0.05) is 30.9 Å². The number of nitrogens with zero attached hydrogens (tertiary/aromatic N) is 2. The van der Waals surface area contributed by atoms with Crippen LogP contribution in [0.5, 0.6) is 0 Å². The summed E-state index contributed by atoms with van der Waals surface area (Å²) in [4.78, 5) is 16.6. The van der Waals surface area contributed by atoms with Gasteiger partial charge in [0.15, 0.2) is 0 Å². The summed E-state index contributed by atoms with van der Waals surface area (Å²) in [6, 6.07) is 8.31. The zero-order valence-electron chi connectivity index (χ0n) is 11.5. The fourth-order valence-corrected chi connectivity index (χ4v) is 3.46. The second kappa shape index (κ2) is 6.57. The van der Waals surface area contributed by atoms with E-state index in [2.05, 4.69) is 29.5 Å². The lowest BCUT2D eigenvalue weighted by atomic mass is 10.1. The summed E-state index contributed by atoms with van der Waals surface area (Å²) in [6.45, 7) is 3.68. The predicted molar refractivity (Wildman–Crippen MR) is 86.9 cm³/mol. The molecule has 0 spiro atoms. The molecule has 0 bridgehead atoms. The Morgan fingerprint density at radius 1 is 1.20 bits per heavy atom. The molecule has 1 aliphatic rings. The molecule has 1 aromatic carbocycles. The van der Waals surface area contributed by atoms with Crippen molar-refractivity contribution in [3.63, 3.8) is 0 Å². The molecule has 2 aromatic rings. The van der Waals surface area contributed by atoms with Crippen LogP contribution in [0.15, 0.2) is 29.6 Å². The first-order valence-electron chi connectivity index (χ1n) is 6.65. The molecule has 0 N–H and O–H groups in total. The van der Waals surface area contributed by atoms with Crippen LogP contribution in [0.4, 0.5) is 0 Å². The van der Waals surface area contributed by atoms with Gasteiger partial charge in [-0.2, -0.15) is 0 Å². The van der Waals surface area contributed by atoms with Gasteiger partial charge in [0.1, 0.15) is 0 Å². The quantitative estimate of drug-likeness (QED) is 0.851. The number of amides is 1. The van der Waals surface area contributed by atoms with Gasteiger partial charge >= 0.3 is 0 Å². The van der Waals surface area contributed by atoms with Gasteiger partial charge in [-0.15, -0.1) is 23.7 Å². The van der Waals surface area contributed by atoms with E-state index in [4.69, 9.17) is 0 Å². The van der Waals surface area contributed by atoms with E-state index in [9.17, 15) is 4.79 Å². The molecular formula is C15H19ClN2OS. The van der Waals surface area contributed by atoms with Crippen molar-refractivity contribution in [2.24, 2.45) is 0 Å². The molecule has 1 amide bonds. The van der Waals surface area contributed by atoms with Gasteiger partial charge in [-0.1, -0.05) is 18.2 Å². The van der Waals surface area contributed by atoms with Crippen molar-refractivity contribution in [1.82, 2.24) is 9.80 Å². The molecule has 1 aliphatic heterocycles. The molecule has 108 valence electrons. The smallest absolute Gasteiger partial charge is 0.227 e. The number of hydrogen-bond donors (Lipinski definition) is 0. The first-order chi connectivity index (χ1) is 9.24. The Morgan fingerprint density at radius 3 is 2.65 bits per heavy atom. The Hall–Kier alpha value is -1.10. The summed E-state index contributed by atoms with van der Waals surface area (Å²) in [7, 11) is 2.11. The van der Waals surface area contributed by atoms with Crippen molar-refractivity contribution in [3.05, 3.63) is 35.2 Å². The van der Waals surface area contributed by atoms with E-state index in [0.29, 0.717) is 6.42 Å². The molecule has 0 saturated carbocycles. The Morgan fingerprint density at radius 2 is 1.90 bits per heavy atom. The van der Waals surface area contributed by atoms with E-state index in [1.54, 1.807) is 11.3 Å². The highest BCUT2D eigenvalue weighted by molar-refractivity contribution is 7.17. The fraction of sp³-hybridized carbons (Fsp3) is 0.400. The minimum atomic E-state index is 0. The van der Waals surface area contributed by atoms with Crippen LogP contribution in [0.3, 0.4) is 0 Å². The molecule has 2 heterocycles. The van der Waals surface area contributed by atoms with Crippen LogP contribution in [0, 0.1) is 0 Å². The summed E-state index contributed by atoms with van der Waals surface area (Å²) < 4.78 is 1.27. The molecule has 20 heavy (non-hydrogen) atoms. The van der Waals surface area contributed by atoms with Gasteiger partial charge < -0.3 is 9.80 Å². The highest BCUT2D eigenvalue weighted by Crippen LogP contribution is 2.26. The van der Waals surface area contributed by atoms with Crippen LogP contribution < -0.4 is 0 Å². The molecule has 1 saturated heterocycles. The van der Waals surface area contributed by atoms with Crippen LogP contribution in [-0.4, -0.2) is 48.9 Å². The number of thiophene rings is 1. The molecule has 0 unspecified atom stereocenters. The first-order valence-corrected chi connectivity index (χ1v) is 7.53. The molecule has 3 nitrogen and oxygen atoms in total. The third-order valence-corrected chi connectivity index (χ3v) is 4.77. The molecule has 3 rings (SSSR count). The summed E-state index contributed by atoms with van der Waals surface area (Å²) in [6.07, 6.45) is 0.535. The third kappa shape index (κ3) is 3.14.